The second-order valence-electron chi connectivity index (χ2n) is 8.46. The number of primary sulfonamides is 1. The molecular formula is C24H26N4O5S3. The highest BCUT2D eigenvalue weighted by molar-refractivity contribution is 7.89. The fourth-order valence-electron chi connectivity index (χ4n) is 4.31. The van der Waals surface area contributed by atoms with Crippen LogP contribution in [-0.2, 0) is 26.6 Å². The Labute approximate surface area is 214 Å². The minimum Gasteiger partial charge on any atom is -0.305 e. The van der Waals surface area contributed by atoms with Crippen molar-refractivity contribution in [2.45, 2.75) is 55.0 Å². The van der Waals surface area contributed by atoms with Crippen molar-refractivity contribution in [2.24, 2.45) is 10.1 Å². The van der Waals surface area contributed by atoms with Crippen LogP contribution in [0.5, 0.6) is 0 Å². The van der Waals surface area contributed by atoms with E-state index in [0.29, 0.717) is 16.8 Å². The standard InChI is InChI=1S/C24H26N4O5S3/c1-3-14-27-21-13-12-20(35(25,30)31)16-22(21)34-24(27)26-23(29)17-8-10-19(11-9-17)36(32,33)28-15-6-5-7-18(28)4-2/h1,8-13,16,18H,4-7,14-15H2,2H3,(H2,25,30,31). The van der Waals surface area contributed by atoms with E-state index in [4.69, 9.17) is 11.6 Å². The predicted octanol–water partition coefficient (Wildman–Crippen LogP) is 2.68. The van der Waals surface area contributed by atoms with Crippen molar-refractivity contribution >= 4 is 47.5 Å². The molecule has 4 rings (SSSR count). The topological polar surface area (TPSA) is 132 Å². The average molecular weight is 547 g/mol. The van der Waals surface area contributed by atoms with Crippen LogP contribution in [-0.4, -0.2) is 44.2 Å². The monoisotopic (exact) mass is 546 g/mol. The lowest BCUT2D eigenvalue weighted by Gasteiger charge is -2.34. The Bertz CT molecular complexity index is 1630. The van der Waals surface area contributed by atoms with Crippen LogP contribution in [0.2, 0.25) is 0 Å². The number of aromatic nitrogens is 1. The fourth-order valence-corrected chi connectivity index (χ4v) is 7.76. The molecule has 1 fully saturated rings. The molecule has 0 saturated carbocycles. The van der Waals surface area contributed by atoms with Crippen LogP contribution in [0.25, 0.3) is 10.2 Å². The summed E-state index contributed by atoms with van der Waals surface area (Å²) in [4.78, 5) is 17.5. The quantitative estimate of drug-likeness (QED) is 0.475. The number of carbonyl (C=O) groups excluding carboxylic acids is 1. The van der Waals surface area contributed by atoms with E-state index < -0.39 is 26.0 Å². The molecule has 36 heavy (non-hydrogen) atoms. The first-order valence-electron chi connectivity index (χ1n) is 11.4. The van der Waals surface area contributed by atoms with E-state index in [2.05, 4.69) is 10.9 Å². The molecule has 190 valence electrons. The number of nitrogens with zero attached hydrogens (tertiary/aromatic N) is 3. The summed E-state index contributed by atoms with van der Waals surface area (Å²) in [6.07, 6.45) is 8.93. The van der Waals surface area contributed by atoms with Crippen molar-refractivity contribution < 1.29 is 21.6 Å². The van der Waals surface area contributed by atoms with Crippen LogP contribution in [0.4, 0.5) is 0 Å². The van der Waals surface area contributed by atoms with Gasteiger partial charge in [-0.25, -0.2) is 22.0 Å². The third-order valence-electron chi connectivity index (χ3n) is 6.18. The van der Waals surface area contributed by atoms with Gasteiger partial charge < -0.3 is 4.57 Å². The molecule has 2 heterocycles. The van der Waals surface area contributed by atoms with E-state index in [1.165, 1.54) is 36.4 Å². The molecule has 2 N–H and O–H groups in total. The van der Waals surface area contributed by atoms with Gasteiger partial charge in [-0.1, -0.05) is 30.6 Å². The van der Waals surface area contributed by atoms with Gasteiger partial charge in [-0.05, 0) is 61.7 Å². The second kappa shape index (κ2) is 10.3. The van der Waals surface area contributed by atoms with Gasteiger partial charge in [0, 0.05) is 18.2 Å². The minimum atomic E-state index is -3.90. The Hall–Kier alpha value is -2.82. The van der Waals surface area contributed by atoms with Crippen LogP contribution in [0, 0.1) is 12.3 Å². The smallest absolute Gasteiger partial charge is 0.279 e. The lowest BCUT2D eigenvalue weighted by Crippen LogP contribution is -2.43. The highest BCUT2D eigenvalue weighted by Crippen LogP contribution is 2.27. The Morgan fingerprint density at radius 3 is 2.47 bits per heavy atom. The van der Waals surface area contributed by atoms with Gasteiger partial charge in [-0.15, -0.1) is 6.42 Å². The number of carbonyl (C=O) groups is 1. The number of sulfonamides is 2. The summed E-state index contributed by atoms with van der Waals surface area (Å²) in [5.74, 6) is 1.93. The molecule has 0 spiro atoms. The van der Waals surface area contributed by atoms with Crippen molar-refractivity contribution in [1.82, 2.24) is 8.87 Å². The van der Waals surface area contributed by atoms with Gasteiger partial charge in [-0.2, -0.15) is 9.30 Å². The van der Waals surface area contributed by atoms with Gasteiger partial charge in [-0.3, -0.25) is 4.79 Å². The molecule has 1 unspecified atom stereocenters. The number of nitrogens with two attached hydrogens (primary N) is 1. The number of hydrogen-bond donors (Lipinski definition) is 1. The van der Waals surface area contributed by atoms with Crippen LogP contribution in [0.1, 0.15) is 43.0 Å². The molecule has 1 amide bonds. The first-order chi connectivity index (χ1) is 17.1. The largest absolute Gasteiger partial charge is 0.305 e. The Balaban J connectivity index is 1.68. The molecule has 9 nitrogen and oxygen atoms in total. The number of rotatable bonds is 6. The normalized spacial score (nSPS) is 17.8. The van der Waals surface area contributed by atoms with E-state index in [9.17, 15) is 21.6 Å². The maximum absolute atomic E-state index is 13.2. The summed E-state index contributed by atoms with van der Waals surface area (Å²) < 4.78 is 53.5. The summed E-state index contributed by atoms with van der Waals surface area (Å²) in [5.41, 5.74) is 0.833. The SMILES string of the molecule is C#CCn1c(=NC(=O)c2ccc(S(=O)(=O)N3CCCCC3CC)cc2)sc2cc(S(N)(=O)=O)ccc21. The third-order valence-corrected chi connectivity index (χ3v) is 10.1. The van der Waals surface area contributed by atoms with Crippen molar-refractivity contribution in [3.63, 3.8) is 0 Å². The molecule has 1 atom stereocenters. The maximum Gasteiger partial charge on any atom is 0.279 e. The van der Waals surface area contributed by atoms with E-state index in [-0.39, 0.29) is 32.7 Å². The zero-order chi connectivity index (χ0) is 26.1. The van der Waals surface area contributed by atoms with E-state index in [1.807, 2.05) is 6.92 Å². The number of benzene rings is 2. The molecule has 1 aliphatic heterocycles. The number of fused-ring (bicyclic) bond motifs is 1. The number of hydrogen-bond acceptors (Lipinski definition) is 6. The molecule has 1 aromatic heterocycles. The third kappa shape index (κ3) is 5.16. The molecule has 2 aromatic carbocycles. The molecule has 0 aliphatic carbocycles. The van der Waals surface area contributed by atoms with Crippen molar-refractivity contribution in [3.05, 3.63) is 52.8 Å². The van der Waals surface area contributed by atoms with Crippen LogP contribution >= 0.6 is 11.3 Å². The van der Waals surface area contributed by atoms with Gasteiger partial charge in [0.05, 0.1) is 26.6 Å². The summed E-state index contributed by atoms with van der Waals surface area (Å²) in [6, 6.07) is 10.1. The van der Waals surface area contributed by atoms with Crippen LogP contribution < -0.4 is 9.94 Å². The molecule has 0 bridgehead atoms. The van der Waals surface area contributed by atoms with E-state index in [0.717, 1.165) is 37.0 Å². The second-order valence-corrected chi connectivity index (χ2v) is 12.9. The first-order valence-corrected chi connectivity index (χ1v) is 15.2. The van der Waals surface area contributed by atoms with E-state index in [1.54, 1.807) is 14.9 Å². The first kappa shape index (κ1) is 26.2. The summed E-state index contributed by atoms with van der Waals surface area (Å²) >= 11 is 1.10. The fraction of sp³-hybridized carbons (Fsp3) is 0.333. The molecular weight excluding hydrogens is 520 g/mol. The minimum absolute atomic E-state index is 0.0191. The van der Waals surface area contributed by atoms with Crippen molar-refractivity contribution in [1.29, 1.82) is 0 Å². The number of piperidine rings is 1. The van der Waals surface area contributed by atoms with Gasteiger partial charge in [0.1, 0.15) is 0 Å². The Morgan fingerprint density at radius 1 is 1.14 bits per heavy atom. The average Bonchev–Trinajstić information content (AvgIpc) is 3.19. The summed E-state index contributed by atoms with van der Waals surface area (Å²) in [5, 5.41) is 5.23. The molecule has 3 aromatic rings. The lowest BCUT2D eigenvalue weighted by molar-refractivity contribution is 0.0997. The Kier molecular flexibility index (Phi) is 7.49. The zero-order valence-corrected chi connectivity index (χ0v) is 22.1. The zero-order valence-electron chi connectivity index (χ0n) is 19.6. The number of thiazole rings is 1. The predicted molar refractivity (Wildman–Crippen MR) is 138 cm³/mol. The van der Waals surface area contributed by atoms with Crippen molar-refractivity contribution in [3.8, 4) is 12.3 Å². The molecule has 1 saturated heterocycles. The van der Waals surface area contributed by atoms with Crippen LogP contribution in [0.3, 0.4) is 0 Å². The highest BCUT2D eigenvalue weighted by atomic mass is 32.2. The maximum atomic E-state index is 13.2. The highest BCUT2D eigenvalue weighted by Gasteiger charge is 2.32. The molecule has 1 aliphatic rings. The Morgan fingerprint density at radius 2 is 1.83 bits per heavy atom. The number of terminal acetylenes is 1. The van der Waals surface area contributed by atoms with Crippen LogP contribution in [0.15, 0.2) is 57.2 Å². The lowest BCUT2D eigenvalue weighted by atomic mass is 10.0. The van der Waals surface area contributed by atoms with Crippen molar-refractivity contribution in [2.75, 3.05) is 6.54 Å². The van der Waals surface area contributed by atoms with Gasteiger partial charge in [0.15, 0.2) is 4.80 Å². The summed E-state index contributed by atoms with van der Waals surface area (Å²) in [7, 11) is -7.56. The van der Waals surface area contributed by atoms with Gasteiger partial charge in [0.25, 0.3) is 5.91 Å². The number of amides is 1. The van der Waals surface area contributed by atoms with E-state index >= 15 is 0 Å². The summed E-state index contributed by atoms with van der Waals surface area (Å²) in [6.45, 7) is 2.59. The van der Waals surface area contributed by atoms with Gasteiger partial charge in [0.2, 0.25) is 20.0 Å². The molecule has 12 heteroatoms. The van der Waals surface area contributed by atoms with Gasteiger partial charge >= 0.3 is 0 Å². The molecule has 0 radical (unpaired) electrons.